The summed E-state index contributed by atoms with van der Waals surface area (Å²) in [5, 5.41) is 13.4. The third-order valence-electron chi connectivity index (χ3n) is 4.15. The molecule has 1 heterocycles. The molecular weight excluding hydrogens is 358 g/mol. The van der Waals surface area contributed by atoms with Gasteiger partial charge in [-0.1, -0.05) is 47.1 Å². The summed E-state index contributed by atoms with van der Waals surface area (Å²) < 4.78 is 0.742. The van der Waals surface area contributed by atoms with Crippen LogP contribution >= 0.6 is 15.9 Å². The Kier molecular flexibility index (Phi) is 4.08. The van der Waals surface area contributed by atoms with E-state index in [-0.39, 0.29) is 12.2 Å². The van der Waals surface area contributed by atoms with E-state index in [1.807, 2.05) is 19.1 Å². The van der Waals surface area contributed by atoms with Crippen LogP contribution < -0.4 is 5.32 Å². The van der Waals surface area contributed by atoms with Crippen molar-refractivity contribution in [3.05, 3.63) is 63.6 Å². The van der Waals surface area contributed by atoms with Crippen molar-refractivity contribution in [1.82, 2.24) is 0 Å². The van der Waals surface area contributed by atoms with Crippen molar-refractivity contribution < 1.29 is 14.7 Å². The van der Waals surface area contributed by atoms with E-state index < -0.39 is 11.5 Å². The molecule has 0 radical (unpaired) electrons. The second-order valence-electron chi connectivity index (χ2n) is 5.65. The van der Waals surface area contributed by atoms with E-state index in [1.54, 1.807) is 30.3 Å². The van der Waals surface area contributed by atoms with Crippen molar-refractivity contribution in [3.8, 4) is 0 Å². The number of fused-ring (bicyclic) bond motifs is 1. The lowest BCUT2D eigenvalue weighted by Gasteiger charge is -2.20. The van der Waals surface area contributed by atoms with Crippen molar-refractivity contribution in [1.29, 1.82) is 0 Å². The van der Waals surface area contributed by atoms with Crippen LogP contribution in [0.5, 0.6) is 0 Å². The molecule has 1 unspecified atom stereocenters. The van der Waals surface area contributed by atoms with Gasteiger partial charge in [-0.25, -0.2) is 0 Å². The van der Waals surface area contributed by atoms with Crippen LogP contribution in [0.4, 0.5) is 5.69 Å². The van der Waals surface area contributed by atoms with Crippen LogP contribution in [0.2, 0.25) is 0 Å². The first-order chi connectivity index (χ1) is 10.9. The summed E-state index contributed by atoms with van der Waals surface area (Å²) in [6.07, 6.45) is 0.607. The summed E-state index contributed by atoms with van der Waals surface area (Å²) in [4.78, 5) is 24.7. The number of hydrogen-bond acceptors (Lipinski definition) is 3. The maximum Gasteiger partial charge on any atom is 0.261 e. The number of benzene rings is 2. The summed E-state index contributed by atoms with van der Waals surface area (Å²) >= 11 is 3.33. The zero-order valence-corrected chi connectivity index (χ0v) is 14.2. The molecule has 1 aliphatic heterocycles. The molecule has 23 heavy (non-hydrogen) atoms. The van der Waals surface area contributed by atoms with E-state index in [4.69, 9.17) is 0 Å². The van der Waals surface area contributed by atoms with Gasteiger partial charge in [-0.15, -0.1) is 0 Å². The van der Waals surface area contributed by atoms with Crippen molar-refractivity contribution in [2.24, 2.45) is 0 Å². The molecule has 1 amide bonds. The number of Topliss-reactive ketones (excluding diaryl/α,β-unsaturated/α-hetero) is 1. The fraction of sp³-hybridized carbons (Fsp3) is 0.222. The van der Waals surface area contributed by atoms with Crippen molar-refractivity contribution in [3.63, 3.8) is 0 Å². The number of carbonyl (C=O) groups excluding carboxylic acids is 2. The second-order valence-corrected chi connectivity index (χ2v) is 6.57. The maximum absolute atomic E-state index is 12.5. The summed E-state index contributed by atoms with van der Waals surface area (Å²) in [5.41, 5.74) is 0.754. The van der Waals surface area contributed by atoms with Crippen LogP contribution in [-0.2, 0) is 16.8 Å². The van der Waals surface area contributed by atoms with Gasteiger partial charge in [0.05, 0.1) is 6.42 Å². The van der Waals surface area contributed by atoms with E-state index in [9.17, 15) is 14.7 Å². The standard InChI is InChI=1S/C18H16BrNO3/c1-2-11-3-5-12(6-4-11)16(21)10-18(23)14-9-13(19)7-8-15(14)20-17(18)22/h3-9,23H,2,10H2,1H3,(H,20,22). The molecule has 2 aromatic rings. The van der Waals surface area contributed by atoms with Gasteiger partial charge in [-0.3, -0.25) is 9.59 Å². The molecule has 118 valence electrons. The van der Waals surface area contributed by atoms with Crippen LogP contribution in [-0.4, -0.2) is 16.8 Å². The lowest BCUT2D eigenvalue weighted by atomic mass is 9.88. The lowest BCUT2D eigenvalue weighted by Crippen LogP contribution is -2.36. The monoisotopic (exact) mass is 373 g/mol. The molecule has 0 spiro atoms. The van der Waals surface area contributed by atoms with Crippen LogP contribution in [0.25, 0.3) is 0 Å². The Morgan fingerprint density at radius 3 is 2.57 bits per heavy atom. The second kappa shape index (κ2) is 5.91. The Morgan fingerprint density at radius 1 is 1.22 bits per heavy atom. The Morgan fingerprint density at radius 2 is 1.91 bits per heavy atom. The predicted octanol–water partition coefficient (Wildman–Crippen LogP) is 3.42. The smallest absolute Gasteiger partial charge is 0.261 e. The minimum absolute atomic E-state index is 0.266. The van der Waals surface area contributed by atoms with Gasteiger partial charge in [0.25, 0.3) is 5.91 Å². The molecule has 2 N–H and O–H groups in total. The third-order valence-corrected chi connectivity index (χ3v) is 4.64. The van der Waals surface area contributed by atoms with Crippen molar-refractivity contribution >= 4 is 33.3 Å². The first-order valence-electron chi connectivity index (χ1n) is 7.40. The Labute approximate surface area is 142 Å². The van der Waals surface area contributed by atoms with Crippen LogP contribution in [0.15, 0.2) is 46.9 Å². The lowest BCUT2D eigenvalue weighted by molar-refractivity contribution is -0.133. The average molecular weight is 374 g/mol. The molecule has 5 heteroatoms. The van der Waals surface area contributed by atoms with Crippen molar-refractivity contribution in [2.75, 3.05) is 5.32 Å². The molecule has 0 saturated heterocycles. The number of rotatable bonds is 4. The van der Waals surface area contributed by atoms with E-state index >= 15 is 0 Å². The Balaban J connectivity index is 1.90. The molecular formula is C18H16BrNO3. The van der Waals surface area contributed by atoms with Crippen LogP contribution in [0.1, 0.15) is 34.8 Å². The van der Waals surface area contributed by atoms with E-state index in [2.05, 4.69) is 21.2 Å². The number of aryl methyl sites for hydroxylation is 1. The normalized spacial score (nSPS) is 19.3. The van der Waals surface area contributed by atoms with Gasteiger partial charge in [-0.05, 0) is 30.2 Å². The first-order valence-corrected chi connectivity index (χ1v) is 8.19. The number of carbonyl (C=O) groups is 2. The number of amides is 1. The Hall–Kier alpha value is -1.98. The molecule has 3 rings (SSSR count). The minimum Gasteiger partial charge on any atom is -0.375 e. The number of anilines is 1. The number of nitrogens with one attached hydrogen (secondary N) is 1. The quantitative estimate of drug-likeness (QED) is 0.806. The fourth-order valence-corrected chi connectivity index (χ4v) is 3.11. The molecule has 0 aliphatic carbocycles. The topological polar surface area (TPSA) is 66.4 Å². The maximum atomic E-state index is 12.5. The highest BCUT2D eigenvalue weighted by Crippen LogP contribution is 2.40. The summed E-state index contributed by atoms with van der Waals surface area (Å²) in [6, 6.07) is 12.4. The van der Waals surface area contributed by atoms with Gasteiger partial charge < -0.3 is 10.4 Å². The number of ketones is 1. The van der Waals surface area contributed by atoms with Crippen LogP contribution in [0, 0.1) is 0 Å². The third kappa shape index (κ3) is 2.82. The number of hydrogen-bond donors (Lipinski definition) is 2. The largest absolute Gasteiger partial charge is 0.375 e. The zero-order chi connectivity index (χ0) is 16.6. The summed E-state index contributed by atoms with van der Waals surface area (Å²) in [7, 11) is 0. The minimum atomic E-state index is -1.83. The van der Waals surface area contributed by atoms with Gasteiger partial charge in [0.1, 0.15) is 0 Å². The van der Waals surface area contributed by atoms with Gasteiger partial charge in [0.15, 0.2) is 11.4 Å². The molecule has 0 saturated carbocycles. The van der Waals surface area contributed by atoms with E-state index in [1.165, 1.54) is 0 Å². The van der Waals surface area contributed by atoms with Gasteiger partial charge in [-0.2, -0.15) is 0 Å². The van der Waals surface area contributed by atoms with E-state index in [0.29, 0.717) is 16.8 Å². The molecule has 4 nitrogen and oxygen atoms in total. The predicted molar refractivity (Wildman–Crippen MR) is 91.4 cm³/mol. The summed E-state index contributed by atoms with van der Waals surface area (Å²) in [6.45, 7) is 2.04. The molecule has 2 aromatic carbocycles. The number of aliphatic hydroxyl groups is 1. The van der Waals surface area contributed by atoms with Gasteiger partial charge in [0, 0.05) is 21.3 Å². The highest BCUT2D eigenvalue weighted by molar-refractivity contribution is 9.10. The van der Waals surface area contributed by atoms with Crippen LogP contribution in [0.3, 0.4) is 0 Å². The first kappa shape index (κ1) is 15.9. The number of halogens is 1. The Bertz CT molecular complexity index is 785. The average Bonchev–Trinajstić information content (AvgIpc) is 2.79. The molecule has 0 fully saturated rings. The zero-order valence-electron chi connectivity index (χ0n) is 12.6. The van der Waals surface area contributed by atoms with E-state index in [0.717, 1.165) is 16.5 Å². The molecule has 0 aromatic heterocycles. The van der Waals surface area contributed by atoms with Crippen molar-refractivity contribution in [2.45, 2.75) is 25.4 Å². The molecule has 0 bridgehead atoms. The highest BCUT2D eigenvalue weighted by Gasteiger charge is 2.46. The highest BCUT2D eigenvalue weighted by atomic mass is 79.9. The SMILES string of the molecule is CCc1ccc(C(=O)CC2(O)C(=O)Nc3ccc(Br)cc32)cc1. The summed E-state index contributed by atoms with van der Waals surface area (Å²) in [5.74, 6) is -0.831. The van der Waals surface area contributed by atoms with Gasteiger partial charge >= 0.3 is 0 Å². The molecule has 1 atom stereocenters. The van der Waals surface area contributed by atoms with Gasteiger partial charge in [0.2, 0.25) is 0 Å². The fourth-order valence-electron chi connectivity index (χ4n) is 2.75. The molecule has 1 aliphatic rings.